The van der Waals surface area contributed by atoms with E-state index in [1.54, 1.807) is 6.07 Å². The van der Waals surface area contributed by atoms with Crippen LogP contribution >= 0.6 is 11.8 Å². The third-order valence-corrected chi connectivity index (χ3v) is 2.99. The van der Waals surface area contributed by atoms with Crippen molar-refractivity contribution in [2.45, 2.75) is 16.8 Å². The molecule has 0 aliphatic rings. The predicted octanol–water partition coefficient (Wildman–Crippen LogP) is 1.80. The van der Waals surface area contributed by atoms with E-state index in [9.17, 15) is 0 Å². The lowest BCUT2D eigenvalue weighted by Crippen LogP contribution is -2.10. The number of rotatable bonds is 3. The highest BCUT2D eigenvalue weighted by molar-refractivity contribution is 7.99. The Hall–Kier alpha value is -1.79. The van der Waals surface area contributed by atoms with Crippen LogP contribution in [0.1, 0.15) is 5.56 Å². The Bertz CT molecular complexity index is 529. The van der Waals surface area contributed by atoms with Gasteiger partial charge in [0.05, 0.1) is 0 Å². The van der Waals surface area contributed by atoms with Gasteiger partial charge in [-0.2, -0.15) is 4.98 Å². The molecule has 1 aromatic heterocycles. The molecular formula is C11H13N5S. The third-order valence-electron chi connectivity index (χ3n) is 2.08. The molecule has 5 nitrogen and oxygen atoms in total. The molecule has 1 aromatic carbocycles. The van der Waals surface area contributed by atoms with Crippen molar-refractivity contribution in [2.75, 3.05) is 11.2 Å². The second kappa shape index (κ2) is 5.03. The van der Waals surface area contributed by atoms with Gasteiger partial charge in [-0.3, -0.25) is 0 Å². The molecular weight excluding hydrogens is 234 g/mol. The van der Waals surface area contributed by atoms with Crippen LogP contribution in [0.4, 0.5) is 11.8 Å². The van der Waals surface area contributed by atoms with Crippen molar-refractivity contribution in [3.63, 3.8) is 0 Å². The van der Waals surface area contributed by atoms with Gasteiger partial charge in [-0.15, -0.1) is 0 Å². The Morgan fingerprint density at radius 3 is 2.76 bits per heavy atom. The zero-order valence-electron chi connectivity index (χ0n) is 9.34. The predicted molar refractivity (Wildman–Crippen MR) is 69.6 cm³/mol. The van der Waals surface area contributed by atoms with Gasteiger partial charge in [0.25, 0.3) is 0 Å². The van der Waals surface area contributed by atoms with E-state index in [0.29, 0.717) is 5.82 Å². The van der Waals surface area contributed by atoms with E-state index in [1.165, 1.54) is 17.3 Å². The summed E-state index contributed by atoms with van der Waals surface area (Å²) in [6.07, 6.45) is 0. The smallest absolute Gasteiger partial charge is 0.223 e. The van der Waals surface area contributed by atoms with Crippen molar-refractivity contribution in [1.29, 1.82) is 0 Å². The molecule has 0 saturated heterocycles. The van der Waals surface area contributed by atoms with Gasteiger partial charge in [0.15, 0.2) is 0 Å². The maximum atomic E-state index is 5.59. The fourth-order valence-electron chi connectivity index (χ4n) is 1.37. The summed E-state index contributed by atoms with van der Waals surface area (Å²) in [5, 5.41) is 0.760. The van der Waals surface area contributed by atoms with E-state index in [2.05, 4.69) is 21.5 Å². The number of aryl methyl sites for hydroxylation is 1. The lowest BCUT2D eigenvalue weighted by atomic mass is 10.2. The Morgan fingerprint density at radius 2 is 2.06 bits per heavy atom. The molecule has 0 spiro atoms. The van der Waals surface area contributed by atoms with Crippen LogP contribution in [0.15, 0.2) is 40.3 Å². The summed E-state index contributed by atoms with van der Waals surface area (Å²) in [6.45, 7) is 2.05. The first-order chi connectivity index (χ1) is 8.17. The summed E-state index contributed by atoms with van der Waals surface area (Å²) in [7, 11) is 0. The van der Waals surface area contributed by atoms with E-state index in [0.717, 1.165) is 9.92 Å². The van der Waals surface area contributed by atoms with E-state index >= 15 is 0 Å². The molecule has 1 heterocycles. The average molecular weight is 247 g/mol. The summed E-state index contributed by atoms with van der Waals surface area (Å²) in [6, 6.07) is 9.91. The fraction of sp³-hybridized carbons (Fsp3) is 0.0909. The number of aromatic nitrogens is 2. The molecule has 17 heavy (non-hydrogen) atoms. The van der Waals surface area contributed by atoms with E-state index < -0.39 is 0 Å². The number of hydrazine groups is 1. The number of nitrogens with zero attached hydrogens (tertiary/aromatic N) is 2. The summed E-state index contributed by atoms with van der Waals surface area (Å²) in [5.74, 6) is 6.01. The topological polar surface area (TPSA) is 89.8 Å². The van der Waals surface area contributed by atoms with Crippen molar-refractivity contribution in [3.8, 4) is 0 Å². The SMILES string of the molecule is Cc1cccc(Sc2cc(NN)nc(N)n2)c1. The first kappa shape index (κ1) is 11.7. The standard InChI is InChI=1S/C11H13N5S/c1-7-3-2-4-8(5-7)17-10-6-9(16-13)14-11(12)15-10/h2-6H,13H2,1H3,(H3,12,14,15,16). The molecule has 88 valence electrons. The molecule has 0 amide bonds. The molecule has 0 fully saturated rings. The van der Waals surface area contributed by atoms with Crippen molar-refractivity contribution < 1.29 is 0 Å². The molecule has 0 aliphatic carbocycles. The van der Waals surface area contributed by atoms with E-state index in [-0.39, 0.29) is 5.95 Å². The van der Waals surface area contributed by atoms with Crippen LogP contribution < -0.4 is 17.0 Å². The molecule has 0 saturated carbocycles. The van der Waals surface area contributed by atoms with Crippen LogP contribution in [0, 0.1) is 6.92 Å². The molecule has 2 rings (SSSR count). The number of benzene rings is 1. The van der Waals surface area contributed by atoms with Gasteiger partial charge in [0.2, 0.25) is 5.95 Å². The summed E-state index contributed by atoms with van der Waals surface area (Å²) < 4.78 is 0. The minimum Gasteiger partial charge on any atom is -0.368 e. The largest absolute Gasteiger partial charge is 0.368 e. The van der Waals surface area contributed by atoms with Gasteiger partial charge in [-0.05, 0) is 19.1 Å². The Balaban J connectivity index is 2.26. The Morgan fingerprint density at radius 1 is 1.24 bits per heavy atom. The number of nitrogen functional groups attached to an aromatic ring is 2. The van der Waals surface area contributed by atoms with Gasteiger partial charge in [0.1, 0.15) is 10.8 Å². The van der Waals surface area contributed by atoms with Crippen molar-refractivity contribution in [2.24, 2.45) is 5.84 Å². The van der Waals surface area contributed by atoms with Crippen molar-refractivity contribution in [3.05, 3.63) is 35.9 Å². The summed E-state index contributed by atoms with van der Waals surface area (Å²) in [4.78, 5) is 9.17. The lowest BCUT2D eigenvalue weighted by Gasteiger charge is -2.05. The van der Waals surface area contributed by atoms with Crippen molar-refractivity contribution in [1.82, 2.24) is 9.97 Å². The molecule has 0 bridgehead atoms. The average Bonchev–Trinajstić information content (AvgIpc) is 2.28. The minimum atomic E-state index is 0.204. The zero-order valence-corrected chi connectivity index (χ0v) is 10.2. The molecule has 0 atom stereocenters. The number of hydrogen-bond donors (Lipinski definition) is 3. The van der Waals surface area contributed by atoms with Crippen molar-refractivity contribution >= 4 is 23.5 Å². The second-order valence-corrected chi connectivity index (χ2v) is 4.61. The molecule has 0 unspecified atom stereocenters. The van der Waals surface area contributed by atoms with Crippen LogP contribution in [0.3, 0.4) is 0 Å². The molecule has 0 radical (unpaired) electrons. The second-order valence-electron chi connectivity index (χ2n) is 3.51. The maximum absolute atomic E-state index is 5.59. The van der Waals surface area contributed by atoms with Crippen LogP contribution in [-0.4, -0.2) is 9.97 Å². The van der Waals surface area contributed by atoms with Crippen LogP contribution in [0.2, 0.25) is 0 Å². The van der Waals surface area contributed by atoms with Gasteiger partial charge in [-0.25, -0.2) is 10.8 Å². The van der Waals surface area contributed by atoms with E-state index in [1.807, 2.05) is 25.1 Å². The maximum Gasteiger partial charge on any atom is 0.223 e. The van der Waals surface area contributed by atoms with Crippen LogP contribution in [0.5, 0.6) is 0 Å². The highest BCUT2D eigenvalue weighted by Gasteiger charge is 2.03. The highest BCUT2D eigenvalue weighted by atomic mass is 32.2. The Kier molecular flexibility index (Phi) is 3.46. The first-order valence-corrected chi connectivity index (χ1v) is 5.85. The monoisotopic (exact) mass is 247 g/mol. The van der Waals surface area contributed by atoms with Gasteiger partial charge >= 0.3 is 0 Å². The molecule has 0 aliphatic heterocycles. The van der Waals surface area contributed by atoms with E-state index in [4.69, 9.17) is 11.6 Å². The van der Waals surface area contributed by atoms with Gasteiger partial charge < -0.3 is 11.2 Å². The normalized spacial score (nSPS) is 10.2. The van der Waals surface area contributed by atoms with Gasteiger partial charge in [-0.1, -0.05) is 29.5 Å². The zero-order chi connectivity index (χ0) is 12.3. The number of anilines is 2. The molecule has 6 heteroatoms. The molecule has 5 N–H and O–H groups in total. The number of nitrogens with one attached hydrogen (secondary N) is 1. The van der Waals surface area contributed by atoms with Crippen LogP contribution in [0.25, 0.3) is 0 Å². The minimum absolute atomic E-state index is 0.204. The fourth-order valence-corrected chi connectivity index (χ4v) is 2.31. The molecule has 2 aromatic rings. The Labute approximate surface area is 104 Å². The first-order valence-electron chi connectivity index (χ1n) is 5.03. The number of nitrogens with two attached hydrogens (primary N) is 2. The number of hydrogen-bond acceptors (Lipinski definition) is 6. The summed E-state index contributed by atoms with van der Waals surface area (Å²) >= 11 is 1.52. The van der Waals surface area contributed by atoms with Gasteiger partial charge in [0, 0.05) is 11.0 Å². The lowest BCUT2D eigenvalue weighted by molar-refractivity contribution is 1.05. The third kappa shape index (κ3) is 3.08. The summed E-state index contributed by atoms with van der Waals surface area (Å²) in [5.41, 5.74) is 9.25. The van der Waals surface area contributed by atoms with Crippen LogP contribution in [-0.2, 0) is 0 Å². The quantitative estimate of drug-likeness (QED) is 0.435. The highest BCUT2D eigenvalue weighted by Crippen LogP contribution is 2.28.